The fourth-order valence-electron chi connectivity index (χ4n) is 2.82. The molecular weight excluding hydrogens is 314 g/mol. The standard InChI is InChI=1S/C21H29NOS/c1-16(2)13-14-24-20-11-9-19(10-12-20)21(23,17(3)15-22)18-7-5-4-6-8-18/h4-12,16-17,23H,13-15,22H2,1-3H3. The fourth-order valence-corrected chi connectivity index (χ4v) is 3.97. The number of nitrogens with two attached hydrogens (primary N) is 1. The molecule has 2 atom stereocenters. The Morgan fingerprint density at radius 3 is 2.08 bits per heavy atom. The SMILES string of the molecule is CC(C)CCSc1ccc(C(O)(c2ccccc2)C(C)CN)cc1. The highest BCUT2D eigenvalue weighted by Gasteiger charge is 2.36. The summed E-state index contributed by atoms with van der Waals surface area (Å²) in [6.45, 7) is 6.92. The van der Waals surface area contributed by atoms with Crippen molar-refractivity contribution < 1.29 is 5.11 Å². The van der Waals surface area contributed by atoms with Gasteiger partial charge in [-0.3, -0.25) is 0 Å². The van der Waals surface area contributed by atoms with Gasteiger partial charge in [0.05, 0.1) is 0 Å². The summed E-state index contributed by atoms with van der Waals surface area (Å²) in [6, 6.07) is 18.1. The maximum absolute atomic E-state index is 11.5. The Bertz CT molecular complexity index is 611. The molecule has 0 spiro atoms. The second-order valence-electron chi connectivity index (χ2n) is 6.82. The van der Waals surface area contributed by atoms with Crippen LogP contribution in [0.2, 0.25) is 0 Å². The Labute approximate surface area is 150 Å². The van der Waals surface area contributed by atoms with Gasteiger partial charge >= 0.3 is 0 Å². The van der Waals surface area contributed by atoms with E-state index >= 15 is 0 Å². The summed E-state index contributed by atoms with van der Waals surface area (Å²) in [5, 5.41) is 11.5. The highest BCUT2D eigenvalue weighted by molar-refractivity contribution is 7.99. The van der Waals surface area contributed by atoms with E-state index in [1.165, 1.54) is 11.3 Å². The van der Waals surface area contributed by atoms with Crippen LogP contribution in [0.4, 0.5) is 0 Å². The minimum Gasteiger partial charge on any atom is -0.380 e. The van der Waals surface area contributed by atoms with Gasteiger partial charge in [-0.15, -0.1) is 11.8 Å². The zero-order valence-electron chi connectivity index (χ0n) is 14.9. The van der Waals surface area contributed by atoms with E-state index in [2.05, 4.69) is 26.0 Å². The second kappa shape index (κ2) is 8.70. The lowest BCUT2D eigenvalue weighted by molar-refractivity contribution is 0.0276. The molecule has 130 valence electrons. The van der Waals surface area contributed by atoms with Crippen LogP contribution in [-0.2, 0) is 5.60 Å². The summed E-state index contributed by atoms with van der Waals surface area (Å²) >= 11 is 1.87. The van der Waals surface area contributed by atoms with Crippen molar-refractivity contribution >= 4 is 11.8 Å². The molecule has 2 nitrogen and oxygen atoms in total. The summed E-state index contributed by atoms with van der Waals surface area (Å²) in [7, 11) is 0. The topological polar surface area (TPSA) is 46.2 Å². The van der Waals surface area contributed by atoms with Crippen molar-refractivity contribution in [2.45, 2.75) is 37.7 Å². The summed E-state index contributed by atoms with van der Waals surface area (Å²) in [4.78, 5) is 1.25. The van der Waals surface area contributed by atoms with Crippen LogP contribution >= 0.6 is 11.8 Å². The van der Waals surface area contributed by atoms with Gasteiger partial charge in [0.2, 0.25) is 0 Å². The van der Waals surface area contributed by atoms with Crippen LogP contribution in [-0.4, -0.2) is 17.4 Å². The molecule has 0 saturated heterocycles. The first-order valence-corrected chi connectivity index (χ1v) is 9.68. The van der Waals surface area contributed by atoms with Crippen LogP contribution in [0.1, 0.15) is 38.3 Å². The summed E-state index contributed by atoms with van der Waals surface area (Å²) < 4.78 is 0. The molecule has 0 saturated carbocycles. The Balaban J connectivity index is 2.25. The molecule has 0 radical (unpaired) electrons. The molecule has 0 bridgehead atoms. The van der Waals surface area contributed by atoms with Gasteiger partial charge in [-0.25, -0.2) is 0 Å². The summed E-state index contributed by atoms with van der Waals surface area (Å²) in [5.41, 5.74) is 6.63. The van der Waals surface area contributed by atoms with Crippen molar-refractivity contribution in [2.75, 3.05) is 12.3 Å². The van der Waals surface area contributed by atoms with Gasteiger partial charge < -0.3 is 10.8 Å². The smallest absolute Gasteiger partial charge is 0.118 e. The van der Waals surface area contributed by atoms with Crippen molar-refractivity contribution in [2.24, 2.45) is 17.6 Å². The molecule has 2 unspecified atom stereocenters. The highest BCUT2D eigenvalue weighted by atomic mass is 32.2. The van der Waals surface area contributed by atoms with Crippen LogP contribution < -0.4 is 5.73 Å². The molecule has 2 aromatic rings. The van der Waals surface area contributed by atoms with E-state index < -0.39 is 5.60 Å². The quantitative estimate of drug-likeness (QED) is 0.686. The monoisotopic (exact) mass is 343 g/mol. The lowest BCUT2D eigenvalue weighted by atomic mass is 9.77. The summed E-state index contributed by atoms with van der Waals surface area (Å²) in [6.07, 6.45) is 1.21. The Kier molecular flexibility index (Phi) is 6.90. The zero-order chi connectivity index (χ0) is 17.6. The van der Waals surface area contributed by atoms with Gasteiger partial charge in [-0.1, -0.05) is 63.2 Å². The molecule has 0 amide bonds. The Morgan fingerprint density at radius 2 is 1.54 bits per heavy atom. The Hall–Kier alpha value is -1.29. The average molecular weight is 344 g/mol. The van der Waals surface area contributed by atoms with E-state index in [9.17, 15) is 5.11 Å². The maximum atomic E-state index is 11.5. The van der Waals surface area contributed by atoms with Gasteiger partial charge in [-0.2, -0.15) is 0 Å². The first-order chi connectivity index (χ1) is 11.5. The average Bonchev–Trinajstić information content (AvgIpc) is 2.61. The number of thioether (sulfide) groups is 1. The molecule has 0 heterocycles. The lowest BCUT2D eigenvalue weighted by Gasteiger charge is -2.35. The lowest BCUT2D eigenvalue weighted by Crippen LogP contribution is -2.38. The third-order valence-electron chi connectivity index (χ3n) is 4.54. The molecule has 0 aromatic heterocycles. The number of hydrogen-bond donors (Lipinski definition) is 2. The van der Waals surface area contributed by atoms with E-state index in [0.717, 1.165) is 22.8 Å². The predicted molar refractivity (Wildman–Crippen MR) is 104 cm³/mol. The molecule has 2 aromatic carbocycles. The number of rotatable bonds is 8. The first kappa shape index (κ1) is 19.0. The van der Waals surface area contributed by atoms with E-state index in [1.807, 2.05) is 61.2 Å². The van der Waals surface area contributed by atoms with Gasteiger partial charge in [0.15, 0.2) is 0 Å². The van der Waals surface area contributed by atoms with Crippen LogP contribution in [0.5, 0.6) is 0 Å². The molecule has 0 aliphatic carbocycles. The molecule has 0 aliphatic rings. The largest absolute Gasteiger partial charge is 0.380 e. The molecule has 24 heavy (non-hydrogen) atoms. The normalized spacial score (nSPS) is 15.2. The van der Waals surface area contributed by atoms with E-state index in [0.29, 0.717) is 6.54 Å². The molecule has 3 N–H and O–H groups in total. The number of hydrogen-bond acceptors (Lipinski definition) is 3. The third kappa shape index (κ3) is 4.41. The highest BCUT2D eigenvalue weighted by Crippen LogP contribution is 2.37. The van der Waals surface area contributed by atoms with Crippen LogP contribution in [0.15, 0.2) is 59.5 Å². The number of aliphatic hydroxyl groups is 1. The first-order valence-electron chi connectivity index (χ1n) is 8.69. The fraction of sp³-hybridized carbons (Fsp3) is 0.429. The van der Waals surface area contributed by atoms with Crippen molar-refractivity contribution in [1.29, 1.82) is 0 Å². The summed E-state index contributed by atoms with van der Waals surface area (Å²) in [5.74, 6) is 1.78. The van der Waals surface area contributed by atoms with Crippen LogP contribution in [0, 0.1) is 11.8 Å². The van der Waals surface area contributed by atoms with Crippen LogP contribution in [0.25, 0.3) is 0 Å². The Morgan fingerprint density at radius 1 is 0.958 bits per heavy atom. The van der Waals surface area contributed by atoms with Gasteiger partial charge in [0.25, 0.3) is 0 Å². The van der Waals surface area contributed by atoms with Crippen molar-refractivity contribution in [3.05, 3.63) is 65.7 Å². The van der Waals surface area contributed by atoms with Gasteiger partial charge in [-0.05, 0) is 47.9 Å². The van der Waals surface area contributed by atoms with E-state index in [-0.39, 0.29) is 5.92 Å². The van der Waals surface area contributed by atoms with E-state index in [4.69, 9.17) is 5.73 Å². The maximum Gasteiger partial charge on any atom is 0.118 e. The van der Waals surface area contributed by atoms with E-state index in [1.54, 1.807) is 0 Å². The third-order valence-corrected chi connectivity index (χ3v) is 5.58. The second-order valence-corrected chi connectivity index (χ2v) is 7.99. The molecular formula is C21H29NOS. The molecule has 3 heteroatoms. The van der Waals surface area contributed by atoms with Gasteiger partial charge in [0, 0.05) is 10.8 Å². The van der Waals surface area contributed by atoms with Crippen molar-refractivity contribution in [3.63, 3.8) is 0 Å². The number of benzene rings is 2. The molecule has 2 rings (SSSR count). The predicted octanol–water partition coefficient (Wildman–Crippen LogP) is 4.66. The minimum absolute atomic E-state index is 0.0701. The zero-order valence-corrected chi connectivity index (χ0v) is 15.7. The minimum atomic E-state index is -1.06. The molecule has 0 fully saturated rings. The van der Waals surface area contributed by atoms with Crippen LogP contribution in [0.3, 0.4) is 0 Å². The van der Waals surface area contributed by atoms with Crippen molar-refractivity contribution in [1.82, 2.24) is 0 Å². The van der Waals surface area contributed by atoms with Gasteiger partial charge in [0.1, 0.15) is 5.60 Å². The van der Waals surface area contributed by atoms with Crippen molar-refractivity contribution in [3.8, 4) is 0 Å². The molecule has 0 aliphatic heterocycles.